The fourth-order valence-electron chi connectivity index (χ4n) is 3.93. The molecular weight excluding hydrogens is 558 g/mol. The summed E-state index contributed by atoms with van der Waals surface area (Å²) < 4.78 is 45.2. The lowest BCUT2D eigenvalue weighted by atomic mass is 10.1. The molecule has 1 fully saturated rings. The molecule has 1 aliphatic heterocycles. The van der Waals surface area contributed by atoms with E-state index in [9.17, 15) is 32.3 Å². The van der Waals surface area contributed by atoms with E-state index in [-0.39, 0.29) is 17.3 Å². The molecule has 1 heterocycles. The Morgan fingerprint density at radius 3 is 2.12 bits per heavy atom. The molecule has 13 heteroatoms. The van der Waals surface area contributed by atoms with Crippen LogP contribution in [0.2, 0.25) is 5.02 Å². The number of nitrogens with zero attached hydrogens (tertiary/aromatic N) is 2. The van der Waals surface area contributed by atoms with Crippen molar-refractivity contribution in [3.05, 3.63) is 94.3 Å². The fourth-order valence-corrected chi connectivity index (χ4v) is 4.12. The third-order valence-electron chi connectivity index (χ3n) is 5.82. The number of carboxylic acids is 2. The number of benzene rings is 3. The Balaban J connectivity index is 0.000000559. The zero-order valence-corrected chi connectivity index (χ0v) is 21.5. The number of alkyl halides is 3. The standard InChI is InChI=1S/C25H23ClFN3O3.C2HF3O2/c26-19-5-2-4-18(14-19)24(31)28-21-7-8-23(22(15-21)25(32)33)30-11-9-29(10-12-30)16-17-3-1-6-20(27)13-17;3-2(4,5)1(6)7/h1-8,13-15H,9-12,16H2,(H,28,31)(H,32,33);(H,6,7). The number of carboxylic acid groups (broad SMARTS) is 2. The monoisotopic (exact) mass is 581 g/mol. The summed E-state index contributed by atoms with van der Waals surface area (Å²) in [4.78, 5) is 37.6. The van der Waals surface area contributed by atoms with Crippen LogP contribution >= 0.6 is 11.6 Å². The number of piperazine rings is 1. The largest absolute Gasteiger partial charge is 0.490 e. The predicted molar refractivity (Wildman–Crippen MR) is 140 cm³/mol. The lowest BCUT2D eigenvalue weighted by Crippen LogP contribution is -2.46. The molecule has 3 N–H and O–H groups in total. The van der Waals surface area contributed by atoms with Crippen LogP contribution in [0.1, 0.15) is 26.3 Å². The van der Waals surface area contributed by atoms with E-state index >= 15 is 0 Å². The van der Waals surface area contributed by atoms with Gasteiger partial charge in [0.05, 0.1) is 11.3 Å². The van der Waals surface area contributed by atoms with Gasteiger partial charge in [0.1, 0.15) is 5.82 Å². The minimum atomic E-state index is -5.08. The van der Waals surface area contributed by atoms with Gasteiger partial charge >= 0.3 is 18.1 Å². The van der Waals surface area contributed by atoms with Gasteiger partial charge in [0.25, 0.3) is 5.91 Å². The van der Waals surface area contributed by atoms with Crippen LogP contribution in [0.4, 0.5) is 28.9 Å². The molecule has 0 atom stereocenters. The number of nitrogens with one attached hydrogen (secondary N) is 1. The second kappa shape index (κ2) is 13.3. The van der Waals surface area contributed by atoms with Gasteiger partial charge < -0.3 is 20.4 Å². The molecule has 3 aromatic rings. The molecule has 4 rings (SSSR count). The third kappa shape index (κ3) is 8.68. The summed E-state index contributed by atoms with van der Waals surface area (Å²) in [7, 11) is 0. The minimum absolute atomic E-state index is 0.123. The van der Waals surface area contributed by atoms with Crippen LogP contribution in [-0.2, 0) is 11.3 Å². The molecule has 8 nitrogen and oxygen atoms in total. The van der Waals surface area contributed by atoms with E-state index in [4.69, 9.17) is 21.5 Å². The van der Waals surface area contributed by atoms with Crippen molar-refractivity contribution in [1.29, 1.82) is 0 Å². The zero-order chi connectivity index (χ0) is 29.4. The average Bonchev–Trinajstić information content (AvgIpc) is 2.89. The number of hydrogen-bond donors (Lipinski definition) is 3. The van der Waals surface area contributed by atoms with Crippen LogP contribution in [-0.4, -0.2) is 65.3 Å². The van der Waals surface area contributed by atoms with Crippen LogP contribution < -0.4 is 10.2 Å². The Labute approximate surface area is 231 Å². The summed E-state index contributed by atoms with van der Waals surface area (Å²) in [5, 5.41) is 20.1. The number of aromatic carboxylic acids is 1. The smallest absolute Gasteiger partial charge is 0.478 e. The van der Waals surface area contributed by atoms with Crippen LogP contribution in [0.5, 0.6) is 0 Å². The first kappa shape index (κ1) is 30.4. The minimum Gasteiger partial charge on any atom is -0.478 e. The highest BCUT2D eigenvalue weighted by Gasteiger charge is 2.38. The molecule has 212 valence electrons. The molecule has 1 aliphatic rings. The summed E-state index contributed by atoms with van der Waals surface area (Å²) >= 11 is 5.94. The first-order valence-corrected chi connectivity index (χ1v) is 12.2. The van der Waals surface area contributed by atoms with Gasteiger partial charge in [0.2, 0.25) is 0 Å². The lowest BCUT2D eigenvalue weighted by molar-refractivity contribution is -0.192. The Morgan fingerprint density at radius 1 is 0.900 bits per heavy atom. The van der Waals surface area contributed by atoms with Crippen molar-refractivity contribution >= 4 is 40.8 Å². The highest BCUT2D eigenvalue weighted by Crippen LogP contribution is 2.27. The first-order chi connectivity index (χ1) is 18.8. The molecule has 40 heavy (non-hydrogen) atoms. The van der Waals surface area contributed by atoms with Gasteiger partial charge in [-0.3, -0.25) is 9.69 Å². The summed E-state index contributed by atoms with van der Waals surface area (Å²) in [6.45, 7) is 3.38. The number of hydrogen-bond acceptors (Lipinski definition) is 5. The highest BCUT2D eigenvalue weighted by molar-refractivity contribution is 6.31. The Hall–Kier alpha value is -4.16. The number of aliphatic carboxylic acids is 1. The lowest BCUT2D eigenvalue weighted by Gasteiger charge is -2.36. The number of anilines is 2. The Bertz CT molecular complexity index is 1380. The van der Waals surface area contributed by atoms with Crippen molar-refractivity contribution in [1.82, 2.24) is 4.90 Å². The quantitative estimate of drug-likeness (QED) is 0.335. The second-order valence-electron chi connectivity index (χ2n) is 8.70. The van der Waals surface area contributed by atoms with Crippen molar-refractivity contribution in [2.24, 2.45) is 0 Å². The van der Waals surface area contributed by atoms with Crippen LogP contribution in [0.15, 0.2) is 66.7 Å². The van der Waals surface area contributed by atoms with Gasteiger partial charge in [0.15, 0.2) is 0 Å². The van der Waals surface area contributed by atoms with Gasteiger partial charge in [-0.2, -0.15) is 13.2 Å². The molecule has 0 radical (unpaired) electrons. The summed E-state index contributed by atoms with van der Waals surface area (Å²) in [5.74, 6) is -4.44. The first-order valence-electron chi connectivity index (χ1n) is 11.8. The van der Waals surface area contributed by atoms with Gasteiger partial charge in [0, 0.05) is 49.0 Å². The molecule has 1 saturated heterocycles. The van der Waals surface area contributed by atoms with Crippen LogP contribution in [0.3, 0.4) is 0 Å². The summed E-state index contributed by atoms with van der Waals surface area (Å²) in [6.07, 6.45) is -5.08. The topological polar surface area (TPSA) is 110 Å². The van der Waals surface area contributed by atoms with E-state index < -0.39 is 18.1 Å². The van der Waals surface area contributed by atoms with Crippen molar-refractivity contribution in [2.45, 2.75) is 12.7 Å². The number of carbonyl (C=O) groups excluding carboxylic acids is 1. The van der Waals surface area contributed by atoms with Gasteiger partial charge in [-0.1, -0.05) is 29.8 Å². The zero-order valence-electron chi connectivity index (χ0n) is 20.8. The molecule has 1 amide bonds. The third-order valence-corrected chi connectivity index (χ3v) is 6.06. The van der Waals surface area contributed by atoms with E-state index in [0.717, 1.165) is 18.7 Å². The van der Waals surface area contributed by atoms with Crippen LogP contribution in [0.25, 0.3) is 0 Å². The Morgan fingerprint density at radius 2 is 1.55 bits per heavy atom. The molecule has 0 spiro atoms. The normalized spacial score (nSPS) is 13.7. The van der Waals surface area contributed by atoms with E-state index in [1.54, 1.807) is 42.5 Å². The van der Waals surface area contributed by atoms with Gasteiger partial charge in [-0.25, -0.2) is 14.0 Å². The van der Waals surface area contributed by atoms with Crippen molar-refractivity contribution in [3.63, 3.8) is 0 Å². The number of rotatable bonds is 6. The average molecular weight is 582 g/mol. The molecule has 0 unspecified atom stereocenters. The number of halogens is 5. The van der Waals surface area contributed by atoms with Crippen molar-refractivity contribution in [2.75, 3.05) is 36.4 Å². The highest BCUT2D eigenvalue weighted by atomic mass is 35.5. The van der Waals surface area contributed by atoms with Crippen molar-refractivity contribution in [3.8, 4) is 0 Å². The van der Waals surface area contributed by atoms with Gasteiger partial charge in [-0.15, -0.1) is 0 Å². The van der Waals surface area contributed by atoms with Gasteiger partial charge in [-0.05, 0) is 54.1 Å². The molecule has 3 aromatic carbocycles. The van der Waals surface area contributed by atoms with Crippen molar-refractivity contribution < 1.29 is 42.2 Å². The molecular formula is C27H24ClF4N3O5. The maximum atomic E-state index is 13.4. The summed E-state index contributed by atoms with van der Waals surface area (Å²) in [5.41, 5.74) is 2.42. The molecule has 0 bridgehead atoms. The predicted octanol–water partition coefficient (Wildman–Crippen LogP) is 5.39. The fraction of sp³-hybridized carbons (Fsp3) is 0.222. The van der Waals surface area contributed by atoms with E-state index in [1.807, 2.05) is 11.0 Å². The maximum Gasteiger partial charge on any atom is 0.490 e. The Kier molecular flexibility index (Phi) is 10.1. The number of amides is 1. The van der Waals surface area contributed by atoms with E-state index in [2.05, 4.69) is 10.2 Å². The van der Waals surface area contributed by atoms with E-state index in [1.165, 1.54) is 18.2 Å². The van der Waals surface area contributed by atoms with Crippen LogP contribution in [0, 0.1) is 5.82 Å². The molecule has 0 aromatic heterocycles. The number of carbonyl (C=O) groups is 3. The molecule has 0 aliphatic carbocycles. The second-order valence-corrected chi connectivity index (χ2v) is 9.13. The maximum absolute atomic E-state index is 13.4. The molecule has 0 saturated carbocycles. The van der Waals surface area contributed by atoms with E-state index in [0.29, 0.717) is 41.6 Å². The SMILES string of the molecule is O=C(Nc1ccc(N2CCN(Cc3cccc(F)c3)CC2)c(C(=O)O)c1)c1cccc(Cl)c1.O=C(O)C(F)(F)F. The summed E-state index contributed by atoms with van der Waals surface area (Å²) in [6, 6.07) is 18.0.